The first-order chi connectivity index (χ1) is 10.3. The van der Waals surface area contributed by atoms with Gasteiger partial charge in [-0.25, -0.2) is 4.98 Å². The number of rotatable bonds is 5. The first-order valence-corrected chi connectivity index (χ1v) is 7.30. The van der Waals surface area contributed by atoms with Crippen molar-refractivity contribution in [3.05, 3.63) is 36.8 Å². The first kappa shape index (κ1) is 13.9. The van der Waals surface area contributed by atoms with Crippen LogP contribution in [0.4, 0.5) is 5.69 Å². The quantitative estimate of drug-likeness (QED) is 0.824. The van der Waals surface area contributed by atoms with E-state index in [1.165, 1.54) is 5.69 Å². The highest BCUT2D eigenvalue weighted by molar-refractivity contribution is 5.45. The zero-order valence-corrected chi connectivity index (χ0v) is 12.4. The minimum atomic E-state index is 0.664. The van der Waals surface area contributed by atoms with Crippen molar-refractivity contribution in [2.75, 3.05) is 44.7 Å². The highest BCUT2D eigenvalue weighted by Gasteiger charge is 2.17. The van der Waals surface area contributed by atoms with Crippen LogP contribution in [0.15, 0.2) is 36.8 Å². The Kier molecular flexibility index (Phi) is 4.35. The molecule has 0 aliphatic carbocycles. The lowest BCUT2D eigenvalue weighted by Crippen LogP contribution is -2.47. The maximum Gasteiger partial charge on any atom is 0.213 e. The first-order valence-electron chi connectivity index (χ1n) is 7.30. The molecule has 6 heteroatoms. The number of anilines is 1. The minimum Gasteiger partial charge on any atom is -0.481 e. The van der Waals surface area contributed by atoms with E-state index in [0.717, 1.165) is 39.3 Å². The summed E-state index contributed by atoms with van der Waals surface area (Å²) in [5.41, 5.74) is 1.17. The predicted molar refractivity (Wildman–Crippen MR) is 81.7 cm³/mol. The maximum absolute atomic E-state index is 5.09. The molecule has 0 aromatic carbocycles. The summed E-state index contributed by atoms with van der Waals surface area (Å²) in [4.78, 5) is 9.13. The lowest BCUT2D eigenvalue weighted by molar-refractivity contribution is 0.244. The van der Waals surface area contributed by atoms with Gasteiger partial charge in [-0.1, -0.05) is 0 Å². The highest BCUT2D eigenvalue weighted by Crippen LogP contribution is 2.17. The summed E-state index contributed by atoms with van der Waals surface area (Å²) < 4.78 is 7.08. The molecule has 3 heterocycles. The van der Waals surface area contributed by atoms with Crippen LogP contribution in [0.2, 0.25) is 0 Å². The summed E-state index contributed by atoms with van der Waals surface area (Å²) in [6.45, 7) is 6.23. The molecule has 2 aromatic heterocycles. The van der Waals surface area contributed by atoms with Crippen LogP contribution in [-0.4, -0.2) is 59.5 Å². The van der Waals surface area contributed by atoms with E-state index in [2.05, 4.69) is 25.9 Å². The number of methoxy groups -OCH3 is 1. The number of pyridine rings is 1. The van der Waals surface area contributed by atoms with Gasteiger partial charge in [-0.3, -0.25) is 9.58 Å². The van der Waals surface area contributed by atoms with Crippen molar-refractivity contribution in [2.45, 2.75) is 6.54 Å². The Morgan fingerprint density at radius 1 is 1.14 bits per heavy atom. The second-order valence-electron chi connectivity index (χ2n) is 5.16. The number of piperazine rings is 1. The Balaban J connectivity index is 1.47. The van der Waals surface area contributed by atoms with Crippen LogP contribution in [0, 0.1) is 0 Å². The van der Waals surface area contributed by atoms with E-state index in [9.17, 15) is 0 Å². The average molecular weight is 287 g/mol. The standard InChI is InChI=1S/C15H21N5O/c1-21-15-4-3-14(13-16-15)19-10-7-18(8-11-19)9-12-20-6-2-5-17-20/h2-6,13H,7-12H2,1H3. The van der Waals surface area contributed by atoms with Crippen molar-refractivity contribution in [1.82, 2.24) is 19.7 Å². The van der Waals surface area contributed by atoms with Crippen molar-refractivity contribution in [1.29, 1.82) is 0 Å². The number of hydrogen-bond acceptors (Lipinski definition) is 5. The van der Waals surface area contributed by atoms with Gasteiger partial charge in [0.2, 0.25) is 5.88 Å². The smallest absolute Gasteiger partial charge is 0.213 e. The average Bonchev–Trinajstić information content (AvgIpc) is 3.07. The van der Waals surface area contributed by atoms with Gasteiger partial charge in [-0.15, -0.1) is 0 Å². The van der Waals surface area contributed by atoms with Gasteiger partial charge in [0.15, 0.2) is 0 Å². The summed E-state index contributed by atoms with van der Waals surface area (Å²) >= 11 is 0. The van der Waals surface area contributed by atoms with Crippen molar-refractivity contribution in [3.8, 4) is 5.88 Å². The summed E-state index contributed by atoms with van der Waals surface area (Å²) in [5.74, 6) is 0.664. The topological polar surface area (TPSA) is 46.4 Å². The van der Waals surface area contributed by atoms with Gasteiger partial charge in [0.1, 0.15) is 0 Å². The van der Waals surface area contributed by atoms with Gasteiger partial charge in [-0.2, -0.15) is 5.10 Å². The van der Waals surface area contributed by atoms with E-state index in [0.29, 0.717) is 5.88 Å². The summed E-state index contributed by atoms with van der Waals surface area (Å²) in [6, 6.07) is 5.96. The lowest BCUT2D eigenvalue weighted by Gasteiger charge is -2.35. The van der Waals surface area contributed by atoms with E-state index in [1.807, 2.05) is 35.4 Å². The zero-order chi connectivity index (χ0) is 14.5. The Morgan fingerprint density at radius 2 is 2.00 bits per heavy atom. The van der Waals surface area contributed by atoms with E-state index in [-0.39, 0.29) is 0 Å². The fourth-order valence-corrected chi connectivity index (χ4v) is 2.59. The second kappa shape index (κ2) is 6.58. The number of nitrogens with zero attached hydrogens (tertiary/aromatic N) is 5. The van der Waals surface area contributed by atoms with E-state index >= 15 is 0 Å². The van der Waals surface area contributed by atoms with Crippen molar-refractivity contribution in [3.63, 3.8) is 0 Å². The van der Waals surface area contributed by atoms with Gasteiger partial charge < -0.3 is 9.64 Å². The van der Waals surface area contributed by atoms with Crippen LogP contribution in [0.25, 0.3) is 0 Å². The molecule has 0 unspecified atom stereocenters. The molecule has 0 bridgehead atoms. The third kappa shape index (κ3) is 3.52. The number of hydrogen-bond donors (Lipinski definition) is 0. The minimum absolute atomic E-state index is 0.664. The Labute approximate surface area is 124 Å². The van der Waals surface area contributed by atoms with Crippen molar-refractivity contribution >= 4 is 5.69 Å². The second-order valence-corrected chi connectivity index (χ2v) is 5.16. The molecular weight excluding hydrogens is 266 g/mol. The fourth-order valence-electron chi connectivity index (χ4n) is 2.59. The number of aromatic nitrogens is 3. The van der Waals surface area contributed by atoms with Gasteiger partial charge in [0.25, 0.3) is 0 Å². The molecule has 0 spiro atoms. The van der Waals surface area contributed by atoms with Crippen LogP contribution >= 0.6 is 0 Å². The molecule has 21 heavy (non-hydrogen) atoms. The molecule has 2 aromatic rings. The van der Waals surface area contributed by atoms with Gasteiger partial charge in [0.05, 0.1) is 25.5 Å². The molecule has 0 radical (unpaired) electrons. The molecule has 1 fully saturated rings. The molecule has 1 aliphatic heterocycles. The van der Waals surface area contributed by atoms with E-state index in [4.69, 9.17) is 4.74 Å². The SMILES string of the molecule is COc1ccc(N2CCN(CCn3cccn3)CC2)cn1. The van der Waals surface area contributed by atoms with Crippen LogP contribution in [0.1, 0.15) is 0 Å². The predicted octanol–water partition coefficient (Wildman–Crippen LogP) is 1.11. The van der Waals surface area contributed by atoms with Crippen LogP contribution in [-0.2, 0) is 6.54 Å². The molecule has 0 atom stereocenters. The van der Waals surface area contributed by atoms with Crippen LogP contribution < -0.4 is 9.64 Å². The van der Waals surface area contributed by atoms with Crippen LogP contribution in [0.5, 0.6) is 5.88 Å². The molecule has 1 aliphatic rings. The molecule has 0 N–H and O–H groups in total. The Morgan fingerprint density at radius 3 is 2.62 bits per heavy atom. The summed E-state index contributed by atoms with van der Waals surface area (Å²) in [6.07, 6.45) is 5.73. The molecule has 3 rings (SSSR count). The largest absolute Gasteiger partial charge is 0.481 e. The summed E-state index contributed by atoms with van der Waals surface area (Å²) in [7, 11) is 1.64. The number of ether oxygens (including phenoxy) is 1. The fraction of sp³-hybridized carbons (Fsp3) is 0.467. The molecule has 0 amide bonds. The van der Waals surface area contributed by atoms with E-state index < -0.39 is 0 Å². The lowest BCUT2D eigenvalue weighted by atomic mass is 10.2. The Hall–Kier alpha value is -2.08. The highest BCUT2D eigenvalue weighted by atomic mass is 16.5. The Bertz CT molecular complexity index is 532. The van der Waals surface area contributed by atoms with Crippen LogP contribution in [0.3, 0.4) is 0 Å². The third-order valence-electron chi connectivity index (χ3n) is 3.87. The van der Waals surface area contributed by atoms with Gasteiger partial charge >= 0.3 is 0 Å². The van der Waals surface area contributed by atoms with Gasteiger partial charge in [0, 0.05) is 51.2 Å². The molecule has 112 valence electrons. The van der Waals surface area contributed by atoms with Gasteiger partial charge in [-0.05, 0) is 12.1 Å². The van der Waals surface area contributed by atoms with Crippen molar-refractivity contribution < 1.29 is 4.74 Å². The zero-order valence-electron chi connectivity index (χ0n) is 12.4. The molecule has 0 saturated carbocycles. The third-order valence-corrected chi connectivity index (χ3v) is 3.87. The summed E-state index contributed by atoms with van der Waals surface area (Å²) in [5, 5.41) is 4.24. The molecule has 1 saturated heterocycles. The maximum atomic E-state index is 5.09. The molecule has 6 nitrogen and oxygen atoms in total. The molecular formula is C15H21N5O. The van der Waals surface area contributed by atoms with E-state index in [1.54, 1.807) is 7.11 Å². The monoisotopic (exact) mass is 287 g/mol. The van der Waals surface area contributed by atoms with Crippen molar-refractivity contribution in [2.24, 2.45) is 0 Å². The normalized spacial score (nSPS) is 16.1.